The van der Waals surface area contributed by atoms with Crippen LogP contribution in [0.3, 0.4) is 0 Å². The molecule has 0 aromatic heterocycles. The lowest BCUT2D eigenvalue weighted by Crippen LogP contribution is -2.56. The highest BCUT2D eigenvalue weighted by Crippen LogP contribution is 2.29. The molecule has 2 rings (SSSR count). The normalized spacial score (nSPS) is 17.8. The number of nitrogens with two attached hydrogens (primary N) is 1. The van der Waals surface area contributed by atoms with Crippen LogP contribution in [0.2, 0.25) is 0 Å². The van der Waals surface area contributed by atoms with E-state index in [1.807, 2.05) is 0 Å². The fourth-order valence-corrected chi connectivity index (χ4v) is 3.21. The largest absolute Gasteiger partial charge is 0.507 e. The Labute approximate surface area is 138 Å². The topological polar surface area (TPSA) is 75.3 Å². The van der Waals surface area contributed by atoms with Gasteiger partial charge in [0, 0.05) is 5.56 Å². The molecule has 0 unspecified atom stereocenters. The van der Waals surface area contributed by atoms with Crippen molar-refractivity contribution in [3.63, 3.8) is 0 Å². The number of phenolic OH excluding ortho intramolecular Hbond substituents is 1. The maximum atomic E-state index is 12.4. The lowest BCUT2D eigenvalue weighted by atomic mass is 9.89. The molecule has 0 saturated heterocycles. The van der Waals surface area contributed by atoms with Crippen molar-refractivity contribution in [2.45, 2.75) is 44.1 Å². The Balaban J connectivity index is 2.21. The number of halogens is 1. The lowest BCUT2D eigenvalue weighted by molar-refractivity contribution is 0.0917. The summed E-state index contributed by atoms with van der Waals surface area (Å²) in [6.07, 6.45) is 5.83. The van der Waals surface area contributed by atoms with Gasteiger partial charge < -0.3 is 16.2 Å². The number of nitrogens with one attached hydrogen (secondary N) is 1. The zero-order valence-electron chi connectivity index (χ0n) is 11.7. The van der Waals surface area contributed by atoms with Gasteiger partial charge in [0.05, 0.1) is 15.0 Å². The second-order valence-electron chi connectivity index (χ2n) is 5.48. The maximum absolute atomic E-state index is 12.4. The number of hydrogen-bond acceptors (Lipinski definition) is 3. The molecular formula is C15H19BrN2O2S. The fourth-order valence-electron chi connectivity index (χ4n) is 2.71. The number of hydrogen-bond donors (Lipinski definition) is 3. The van der Waals surface area contributed by atoms with E-state index in [1.165, 1.54) is 6.07 Å². The van der Waals surface area contributed by atoms with Crippen LogP contribution in [0.1, 0.15) is 48.9 Å². The van der Waals surface area contributed by atoms with Gasteiger partial charge in [-0.3, -0.25) is 4.79 Å². The first kappa shape index (κ1) is 16.2. The van der Waals surface area contributed by atoms with Gasteiger partial charge in [0.2, 0.25) is 0 Å². The van der Waals surface area contributed by atoms with Crippen LogP contribution in [0, 0.1) is 0 Å². The van der Waals surface area contributed by atoms with Gasteiger partial charge in [0.1, 0.15) is 5.75 Å². The molecule has 1 fully saturated rings. The van der Waals surface area contributed by atoms with E-state index in [1.54, 1.807) is 12.1 Å². The van der Waals surface area contributed by atoms with Crippen LogP contribution in [-0.2, 0) is 0 Å². The van der Waals surface area contributed by atoms with E-state index in [0.717, 1.165) is 38.5 Å². The summed E-state index contributed by atoms with van der Waals surface area (Å²) in [7, 11) is 0. The van der Waals surface area contributed by atoms with Crippen LogP contribution in [0.25, 0.3) is 0 Å². The molecule has 0 bridgehead atoms. The molecule has 1 aliphatic rings. The summed E-state index contributed by atoms with van der Waals surface area (Å²) in [5.74, 6) is -0.222. The van der Waals surface area contributed by atoms with E-state index >= 15 is 0 Å². The number of amides is 1. The molecular weight excluding hydrogens is 352 g/mol. The van der Waals surface area contributed by atoms with Crippen molar-refractivity contribution in [3.05, 3.63) is 28.2 Å². The van der Waals surface area contributed by atoms with Crippen molar-refractivity contribution in [2.24, 2.45) is 5.73 Å². The van der Waals surface area contributed by atoms with Crippen molar-refractivity contribution < 1.29 is 9.90 Å². The minimum Gasteiger partial charge on any atom is -0.507 e. The Morgan fingerprint density at radius 2 is 1.90 bits per heavy atom. The monoisotopic (exact) mass is 370 g/mol. The van der Waals surface area contributed by atoms with Crippen LogP contribution in [-0.4, -0.2) is 21.5 Å². The predicted molar refractivity (Wildman–Crippen MR) is 90.5 cm³/mol. The molecule has 1 saturated carbocycles. The Bertz CT molecular complexity index is 555. The molecule has 21 heavy (non-hydrogen) atoms. The first-order valence-electron chi connectivity index (χ1n) is 7.05. The maximum Gasteiger partial charge on any atom is 0.252 e. The van der Waals surface area contributed by atoms with E-state index in [4.69, 9.17) is 18.0 Å². The molecule has 1 aliphatic carbocycles. The van der Waals surface area contributed by atoms with Crippen molar-refractivity contribution in [1.82, 2.24) is 5.32 Å². The van der Waals surface area contributed by atoms with Crippen molar-refractivity contribution >= 4 is 39.0 Å². The summed E-state index contributed by atoms with van der Waals surface area (Å²) >= 11 is 8.41. The van der Waals surface area contributed by atoms with E-state index in [9.17, 15) is 9.90 Å². The predicted octanol–water partition coefficient (Wildman–Crippen LogP) is 3.26. The van der Waals surface area contributed by atoms with Crippen LogP contribution in [0.5, 0.6) is 5.75 Å². The molecule has 4 nitrogen and oxygen atoms in total. The zero-order chi connectivity index (χ0) is 15.5. The van der Waals surface area contributed by atoms with E-state index in [2.05, 4.69) is 21.2 Å². The molecule has 0 spiro atoms. The van der Waals surface area contributed by atoms with Crippen molar-refractivity contribution in [2.75, 3.05) is 0 Å². The van der Waals surface area contributed by atoms with Gasteiger partial charge >= 0.3 is 0 Å². The van der Waals surface area contributed by atoms with E-state index in [0.29, 0.717) is 15.0 Å². The number of rotatable bonds is 3. The van der Waals surface area contributed by atoms with Gasteiger partial charge in [-0.05, 0) is 47.0 Å². The quantitative estimate of drug-likeness (QED) is 0.563. The third kappa shape index (κ3) is 3.74. The molecule has 6 heteroatoms. The van der Waals surface area contributed by atoms with Gasteiger partial charge in [-0.2, -0.15) is 0 Å². The Morgan fingerprint density at radius 3 is 2.43 bits per heavy atom. The number of carbonyl (C=O) groups is 1. The third-order valence-corrected chi connectivity index (χ3v) is 5.05. The van der Waals surface area contributed by atoms with Crippen LogP contribution in [0.4, 0.5) is 0 Å². The first-order valence-corrected chi connectivity index (χ1v) is 8.26. The Kier molecular flexibility index (Phi) is 5.22. The highest BCUT2D eigenvalue weighted by molar-refractivity contribution is 9.10. The number of benzene rings is 1. The molecule has 0 heterocycles. The van der Waals surface area contributed by atoms with Crippen LogP contribution >= 0.6 is 28.1 Å². The Morgan fingerprint density at radius 1 is 1.29 bits per heavy atom. The second kappa shape index (κ2) is 6.75. The molecule has 1 aromatic rings. The van der Waals surface area contributed by atoms with Crippen molar-refractivity contribution in [1.29, 1.82) is 0 Å². The SMILES string of the molecule is NC(=S)C1(NC(=O)c2ccc(Br)c(O)c2)CCCCCC1. The molecule has 0 atom stereocenters. The molecule has 0 radical (unpaired) electrons. The standard InChI is InChI=1S/C15H19BrN2O2S/c16-11-6-5-10(9-12(11)19)13(20)18-15(14(17)21)7-3-1-2-4-8-15/h5-6,9,19H,1-4,7-8H2,(H2,17,21)(H,18,20). The second-order valence-corrected chi connectivity index (χ2v) is 6.78. The Hall–Kier alpha value is -1.14. The van der Waals surface area contributed by atoms with Crippen LogP contribution < -0.4 is 11.1 Å². The van der Waals surface area contributed by atoms with E-state index in [-0.39, 0.29) is 11.7 Å². The minimum atomic E-state index is -0.606. The molecule has 114 valence electrons. The van der Waals surface area contributed by atoms with Gasteiger partial charge in [0.15, 0.2) is 0 Å². The first-order chi connectivity index (χ1) is 9.94. The molecule has 1 amide bonds. The van der Waals surface area contributed by atoms with Gasteiger partial charge in [0.25, 0.3) is 5.91 Å². The van der Waals surface area contributed by atoms with Gasteiger partial charge in [-0.25, -0.2) is 0 Å². The third-order valence-electron chi connectivity index (χ3n) is 3.99. The highest BCUT2D eigenvalue weighted by atomic mass is 79.9. The fraction of sp³-hybridized carbons (Fsp3) is 0.467. The summed E-state index contributed by atoms with van der Waals surface area (Å²) < 4.78 is 0.553. The summed E-state index contributed by atoms with van der Waals surface area (Å²) in [6.45, 7) is 0. The number of carbonyl (C=O) groups excluding carboxylic acids is 1. The van der Waals surface area contributed by atoms with E-state index < -0.39 is 5.54 Å². The smallest absolute Gasteiger partial charge is 0.252 e. The highest BCUT2D eigenvalue weighted by Gasteiger charge is 2.35. The van der Waals surface area contributed by atoms with Gasteiger partial charge in [-0.15, -0.1) is 0 Å². The number of aromatic hydroxyl groups is 1. The zero-order valence-corrected chi connectivity index (χ0v) is 14.1. The summed E-state index contributed by atoms with van der Waals surface area (Å²) in [6, 6.07) is 4.73. The summed E-state index contributed by atoms with van der Waals surface area (Å²) in [4.78, 5) is 12.8. The lowest BCUT2D eigenvalue weighted by Gasteiger charge is -2.33. The summed E-state index contributed by atoms with van der Waals surface area (Å²) in [5, 5.41) is 12.7. The minimum absolute atomic E-state index is 0.0351. The number of phenols is 1. The summed E-state index contributed by atoms with van der Waals surface area (Å²) in [5.41, 5.74) is 5.70. The molecule has 0 aliphatic heterocycles. The number of thiocarbonyl (C=S) groups is 1. The van der Waals surface area contributed by atoms with Crippen molar-refractivity contribution in [3.8, 4) is 5.75 Å². The molecule has 4 N–H and O–H groups in total. The van der Waals surface area contributed by atoms with Gasteiger partial charge in [-0.1, -0.05) is 37.9 Å². The average molecular weight is 371 g/mol. The average Bonchev–Trinajstić information content (AvgIpc) is 2.68. The van der Waals surface area contributed by atoms with Crippen LogP contribution in [0.15, 0.2) is 22.7 Å². The molecule has 1 aromatic carbocycles.